The maximum Gasteiger partial charge on any atom is 0.328 e. The van der Waals surface area contributed by atoms with Crippen LogP contribution in [0, 0.1) is 0 Å². The number of benzene rings is 1. The Morgan fingerprint density at radius 3 is 2.89 bits per heavy atom. The summed E-state index contributed by atoms with van der Waals surface area (Å²) in [7, 11) is 0. The summed E-state index contributed by atoms with van der Waals surface area (Å²) < 4.78 is 10.8. The minimum atomic E-state index is -1.03. The third kappa shape index (κ3) is 5.77. The van der Waals surface area contributed by atoms with E-state index in [1.165, 1.54) is 6.08 Å². The minimum Gasteiger partial charge on any atom is -0.493 e. The fourth-order valence-corrected chi connectivity index (χ4v) is 1.68. The van der Waals surface area contributed by atoms with Gasteiger partial charge in [-0.15, -0.1) is 0 Å². The third-order valence-corrected chi connectivity index (χ3v) is 2.63. The van der Waals surface area contributed by atoms with Gasteiger partial charge < -0.3 is 14.6 Å². The van der Waals surface area contributed by atoms with E-state index in [9.17, 15) is 4.79 Å². The lowest BCUT2D eigenvalue weighted by Gasteiger charge is -2.10. The van der Waals surface area contributed by atoms with Crippen molar-refractivity contribution in [2.75, 3.05) is 19.8 Å². The van der Waals surface area contributed by atoms with Crippen LogP contribution in [0.15, 0.2) is 24.3 Å². The summed E-state index contributed by atoms with van der Waals surface area (Å²) in [5, 5.41) is 9.10. The van der Waals surface area contributed by atoms with Crippen LogP contribution in [0.2, 0.25) is 5.02 Å². The number of hydrogen-bond acceptors (Lipinski definition) is 3. The molecule has 1 aromatic carbocycles. The van der Waals surface area contributed by atoms with Crippen molar-refractivity contribution >= 4 is 23.6 Å². The maximum atomic E-state index is 10.5. The second-order valence-corrected chi connectivity index (χ2v) is 4.13. The summed E-state index contributed by atoms with van der Waals surface area (Å²) in [6.45, 7) is 3.75. The first-order valence-corrected chi connectivity index (χ1v) is 6.43. The first-order valence-electron chi connectivity index (χ1n) is 6.05. The zero-order valence-electron chi connectivity index (χ0n) is 10.8. The Labute approximate surface area is 117 Å². The number of ether oxygens (including phenoxy) is 2. The highest BCUT2D eigenvalue weighted by molar-refractivity contribution is 6.32. The van der Waals surface area contributed by atoms with Crippen molar-refractivity contribution in [2.45, 2.75) is 13.3 Å². The lowest BCUT2D eigenvalue weighted by molar-refractivity contribution is -0.131. The SMILES string of the molecule is CCOCCCOc1cccc(Cl)c1/C=C/C(=O)O. The fourth-order valence-electron chi connectivity index (χ4n) is 1.45. The molecule has 19 heavy (non-hydrogen) atoms. The van der Waals surface area contributed by atoms with Crippen LogP contribution in [0.1, 0.15) is 18.9 Å². The van der Waals surface area contributed by atoms with Gasteiger partial charge in [-0.3, -0.25) is 0 Å². The number of hydrogen-bond donors (Lipinski definition) is 1. The van der Waals surface area contributed by atoms with E-state index in [0.29, 0.717) is 36.2 Å². The average molecular weight is 285 g/mol. The molecule has 0 saturated carbocycles. The Balaban J connectivity index is 2.66. The second-order valence-electron chi connectivity index (χ2n) is 3.72. The Bertz CT molecular complexity index is 443. The molecule has 0 radical (unpaired) electrons. The third-order valence-electron chi connectivity index (χ3n) is 2.30. The van der Waals surface area contributed by atoms with Crippen LogP contribution in [0.25, 0.3) is 6.08 Å². The van der Waals surface area contributed by atoms with Gasteiger partial charge in [0.15, 0.2) is 0 Å². The van der Waals surface area contributed by atoms with E-state index in [1.807, 2.05) is 6.92 Å². The van der Waals surface area contributed by atoms with Gasteiger partial charge >= 0.3 is 5.97 Å². The van der Waals surface area contributed by atoms with Crippen LogP contribution >= 0.6 is 11.6 Å². The van der Waals surface area contributed by atoms with Gasteiger partial charge in [-0.05, 0) is 25.1 Å². The van der Waals surface area contributed by atoms with E-state index >= 15 is 0 Å². The monoisotopic (exact) mass is 284 g/mol. The average Bonchev–Trinajstić information content (AvgIpc) is 2.37. The molecule has 0 saturated heterocycles. The lowest BCUT2D eigenvalue weighted by Crippen LogP contribution is -2.03. The van der Waals surface area contributed by atoms with Gasteiger partial charge in [0, 0.05) is 31.3 Å². The molecular formula is C14H17ClO4. The molecule has 0 fully saturated rings. The standard InChI is InChI=1S/C14H17ClO4/c1-2-18-9-4-10-19-13-6-3-5-12(15)11(13)7-8-14(16)17/h3,5-8H,2,4,9-10H2,1H3,(H,16,17)/b8-7+. The number of carboxylic acids is 1. The van der Waals surface area contributed by atoms with Gasteiger partial charge in [0.05, 0.1) is 11.6 Å². The quantitative estimate of drug-likeness (QED) is 0.588. The molecule has 0 heterocycles. The van der Waals surface area contributed by atoms with Crippen LogP contribution in [0.3, 0.4) is 0 Å². The van der Waals surface area contributed by atoms with E-state index in [2.05, 4.69) is 0 Å². The van der Waals surface area contributed by atoms with Gasteiger partial charge in [-0.25, -0.2) is 4.79 Å². The molecule has 0 bridgehead atoms. The van der Waals surface area contributed by atoms with E-state index in [4.69, 9.17) is 26.2 Å². The summed E-state index contributed by atoms with van der Waals surface area (Å²) in [4.78, 5) is 10.5. The van der Waals surface area contributed by atoms with Gasteiger partial charge in [0.25, 0.3) is 0 Å². The van der Waals surface area contributed by atoms with Crippen molar-refractivity contribution < 1.29 is 19.4 Å². The number of carboxylic acid groups (broad SMARTS) is 1. The van der Waals surface area contributed by atoms with Gasteiger partial charge in [0.1, 0.15) is 5.75 Å². The molecule has 0 aliphatic carbocycles. The first-order chi connectivity index (χ1) is 9.15. The first kappa shape index (κ1) is 15.5. The summed E-state index contributed by atoms with van der Waals surface area (Å²) in [6.07, 6.45) is 3.24. The normalized spacial score (nSPS) is 10.8. The smallest absolute Gasteiger partial charge is 0.328 e. The number of carbonyl (C=O) groups is 1. The van der Waals surface area contributed by atoms with E-state index in [-0.39, 0.29) is 0 Å². The number of halogens is 1. The molecule has 104 valence electrons. The molecular weight excluding hydrogens is 268 g/mol. The molecule has 0 aliphatic rings. The van der Waals surface area contributed by atoms with Crippen molar-refractivity contribution in [1.82, 2.24) is 0 Å². The zero-order chi connectivity index (χ0) is 14.1. The molecule has 0 unspecified atom stereocenters. The Morgan fingerprint density at radius 2 is 2.21 bits per heavy atom. The predicted molar refractivity (Wildman–Crippen MR) is 74.7 cm³/mol. The molecule has 0 spiro atoms. The van der Waals surface area contributed by atoms with E-state index in [1.54, 1.807) is 18.2 Å². The van der Waals surface area contributed by atoms with Crippen molar-refractivity contribution in [3.63, 3.8) is 0 Å². The van der Waals surface area contributed by atoms with Crippen LogP contribution in [0.4, 0.5) is 0 Å². The predicted octanol–water partition coefficient (Wildman–Crippen LogP) is 3.24. The summed E-state index contributed by atoms with van der Waals surface area (Å²) in [5.74, 6) is -0.455. The van der Waals surface area contributed by atoms with Crippen molar-refractivity contribution in [3.05, 3.63) is 34.9 Å². The van der Waals surface area contributed by atoms with Crippen molar-refractivity contribution in [3.8, 4) is 5.75 Å². The van der Waals surface area contributed by atoms with E-state index in [0.717, 1.165) is 12.5 Å². The summed E-state index contributed by atoms with van der Waals surface area (Å²) >= 11 is 6.03. The highest BCUT2D eigenvalue weighted by atomic mass is 35.5. The van der Waals surface area contributed by atoms with Crippen LogP contribution in [-0.4, -0.2) is 30.9 Å². The molecule has 4 nitrogen and oxygen atoms in total. The fraction of sp³-hybridized carbons (Fsp3) is 0.357. The molecule has 1 rings (SSSR count). The molecule has 0 aliphatic heterocycles. The highest BCUT2D eigenvalue weighted by Gasteiger charge is 2.05. The van der Waals surface area contributed by atoms with Crippen LogP contribution in [-0.2, 0) is 9.53 Å². The topological polar surface area (TPSA) is 55.8 Å². The minimum absolute atomic E-state index is 0.458. The second kappa shape index (κ2) is 8.56. The lowest BCUT2D eigenvalue weighted by atomic mass is 10.2. The Morgan fingerprint density at radius 1 is 1.42 bits per heavy atom. The molecule has 1 N–H and O–H groups in total. The molecule has 1 aromatic rings. The largest absolute Gasteiger partial charge is 0.493 e. The van der Waals surface area contributed by atoms with Crippen LogP contribution in [0.5, 0.6) is 5.75 Å². The molecule has 0 atom stereocenters. The number of rotatable bonds is 8. The van der Waals surface area contributed by atoms with E-state index < -0.39 is 5.97 Å². The Kier molecular flexibility index (Phi) is 7.00. The van der Waals surface area contributed by atoms with Gasteiger partial charge in [-0.2, -0.15) is 0 Å². The summed E-state index contributed by atoms with van der Waals surface area (Å²) in [6, 6.07) is 5.21. The molecule has 5 heteroatoms. The maximum absolute atomic E-state index is 10.5. The Hall–Kier alpha value is -1.52. The zero-order valence-corrected chi connectivity index (χ0v) is 11.5. The van der Waals surface area contributed by atoms with Crippen molar-refractivity contribution in [1.29, 1.82) is 0 Å². The van der Waals surface area contributed by atoms with Crippen molar-refractivity contribution in [2.24, 2.45) is 0 Å². The van der Waals surface area contributed by atoms with Gasteiger partial charge in [-0.1, -0.05) is 17.7 Å². The highest BCUT2D eigenvalue weighted by Crippen LogP contribution is 2.27. The number of aliphatic carboxylic acids is 1. The van der Waals surface area contributed by atoms with Crippen LogP contribution < -0.4 is 4.74 Å². The van der Waals surface area contributed by atoms with Gasteiger partial charge in [0.2, 0.25) is 0 Å². The summed E-state index contributed by atoms with van der Waals surface area (Å²) in [5.41, 5.74) is 0.572. The molecule has 0 amide bonds. The molecule has 0 aromatic heterocycles.